The number of aryl methyl sites for hydroxylation is 1. The Labute approximate surface area is 143 Å². The van der Waals surface area contributed by atoms with Crippen molar-refractivity contribution in [2.45, 2.75) is 31.8 Å². The van der Waals surface area contributed by atoms with Crippen molar-refractivity contribution < 1.29 is 14.6 Å². The zero-order valence-corrected chi connectivity index (χ0v) is 14.3. The normalized spacial score (nSPS) is 13.1. The molecule has 2 aromatic carbocycles. The molecule has 4 heteroatoms. The Kier molecular flexibility index (Phi) is 6.38. The molecule has 0 bridgehead atoms. The quantitative estimate of drug-likeness (QED) is 0.784. The van der Waals surface area contributed by atoms with Crippen molar-refractivity contribution in [1.29, 1.82) is 0 Å². The number of nitrogens with one attached hydrogen (secondary N) is 1. The standard InChI is InChI=1S/C20H25NO3/c1-20(23,12-11-16-7-4-3-5-8-16)15-21-19(22)14-17-9-6-10-18(13-17)24-2/h3-10,13,23H,11-12,14-15H2,1-2H3,(H,21,22)/t20-/m1/s1. The average molecular weight is 327 g/mol. The lowest BCUT2D eigenvalue weighted by Gasteiger charge is -2.23. The Morgan fingerprint density at radius 1 is 1.12 bits per heavy atom. The molecule has 0 spiro atoms. The number of aliphatic hydroxyl groups is 1. The Hall–Kier alpha value is -2.33. The largest absolute Gasteiger partial charge is 0.497 e. The summed E-state index contributed by atoms with van der Waals surface area (Å²) < 4.78 is 5.15. The summed E-state index contributed by atoms with van der Waals surface area (Å²) in [4.78, 5) is 12.1. The summed E-state index contributed by atoms with van der Waals surface area (Å²) in [5.74, 6) is 0.624. The van der Waals surface area contributed by atoms with Gasteiger partial charge in [0.05, 0.1) is 19.1 Å². The van der Waals surface area contributed by atoms with E-state index in [0.717, 1.165) is 17.7 Å². The Morgan fingerprint density at radius 3 is 2.54 bits per heavy atom. The number of benzene rings is 2. The molecule has 0 aromatic heterocycles. The first-order valence-electron chi connectivity index (χ1n) is 8.14. The summed E-state index contributed by atoms with van der Waals surface area (Å²) in [5, 5.41) is 13.3. The van der Waals surface area contributed by atoms with Gasteiger partial charge in [-0.1, -0.05) is 42.5 Å². The topological polar surface area (TPSA) is 58.6 Å². The molecule has 4 nitrogen and oxygen atoms in total. The number of carbonyl (C=O) groups is 1. The van der Waals surface area contributed by atoms with Crippen LogP contribution in [0.2, 0.25) is 0 Å². The maximum atomic E-state index is 12.1. The van der Waals surface area contributed by atoms with Crippen LogP contribution in [-0.4, -0.2) is 30.3 Å². The van der Waals surface area contributed by atoms with Crippen LogP contribution >= 0.6 is 0 Å². The van der Waals surface area contributed by atoms with E-state index in [1.54, 1.807) is 14.0 Å². The second-order valence-electron chi connectivity index (χ2n) is 6.29. The minimum atomic E-state index is -0.931. The molecular formula is C20H25NO3. The van der Waals surface area contributed by atoms with E-state index < -0.39 is 5.60 Å². The third-order valence-corrected chi connectivity index (χ3v) is 3.96. The van der Waals surface area contributed by atoms with Gasteiger partial charge >= 0.3 is 0 Å². The molecule has 0 aliphatic heterocycles. The van der Waals surface area contributed by atoms with E-state index in [1.807, 2.05) is 54.6 Å². The van der Waals surface area contributed by atoms with Gasteiger partial charge in [-0.05, 0) is 43.0 Å². The maximum Gasteiger partial charge on any atom is 0.224 e. The third-order valence-electron chi connectivity index (χ3n) is 3.96. The van der Waals surface area contributed by atoms with Crippen LogP contribution in [0.4, 0.5) is 0 Å². The molecule has 2 aromatic rings. The molecule has 128 valence electrons. The van der Waals surface area contributed by atoms with Crippen molar-refractivity contribution >= 4 is 5.91 Å². The first-order valence-corrected chi connectivity index (χ1v) is 8.14. The average Bonchev–Trinajstić information content (AvgIpc) is 2.60. The first-order chi connectivity index (χ1) is 11.5. The Morgan fingerprint density at radius 2 is 1.83 bits per heavy atom. The molecule has 0 aliphatic carbocycles. The van der Waals surface area contributed by atoms with Crippen LogP contribution in [0.1, 0.15) is 24.5 Å². The highest BCUT2D eigenvalue weighted by Crippen LogP contribution is 2.15. The van der Waals surface area contributed by atoms with Gasteiger partial charge in [0.1, 0.15) is 5.75 Å². The van der Waals surface area contributed by atoms with Gasteiger partial charge in [0.25, 0.3) is 0 Å². The fraction of sp³-hybridized carbons (Fsp3) is 0.350. The van der Waals surface area contributed by atoms with Crippen LogP contribution in [0.5, 0.6) is 5.75 Å². The van der Waals surface area contributed by atoms with Crippen molar-refractivity contribution in [3.63, 3.8) is 0 Å². The molecule has 2 rings (SSSR count). The van der Waals surface area contributed by atoms with Crippen LogP contribution < -0.4 is 10.1 Å². The highest BCUT2D eigenvalue weighted by atomic mass is 16.5. The van der Waals surface area contributed by atoms with Crippen LogP contribution in [-0.2, 0) is 17.6 Å². The first kappa shape index (κ1) is 18.0. The summed E-state index contributed by atoms with van der Waals surface area (Å²) in [6, 6.07) is 17.4. The van der Waals surface area contributed by atoms with Crippen LogP contribution in [0.3, 0.4) is 0 Å². The van der Waals surface area contributed by atoms with E-state index in [2.05, 4.69) is 5.32 Å². The van der Waals surface area contributed by atoms with Crippen molar-refractivity contribution in [3.8, 4) is 5.75 Å². The van der Waals surface area contributed by atoms with Gasteiger partial charge in [-0.3, -0.25) is 4.79 Å². The minimum absolute atomic E-state index is 0.108. The van der Waals surface area contributed by atoms with Gasteiger partial charge in [0.2, 0.25) is 5.91 Å². The number of hydrogen-bond donors (Lipinski definition) is 2. The highest BCUT2D eigenvalue weighted by molar-refractivity contribution is 5.78. The number of rotatable bonds is 8. The maximum absolute atomic E-state index is 12.1. The number of hydrogen-bond acceptors (Lipinski definition) is 3. The number of ether oxygens (including phenoxy) is 1. The van der Waals surface area contributed by atoms with Gasteiger partial charge in [0.15, 0.2) is 0 Å². The molecule has 0 fully saturated rings. The molecule has 0 radical (unpaired) electrons. The zero-order valence-electron chi connectivity index (χ0n) is 14.3. The Bertz CT molecular complexity index is 653. The molecule has 0 heterocycles. The van der Waals surface area contributed by atoms with Gasteiger partial charge in [-0.25, -0.2) is 0 Å². The lowest BCUT2D eigenvalue weighted by molar-refractivity contribution is -0.121. The third kappa shape index (κ3) is 6.05. The number of amides is 1. The number of methoxy groups -OCH3 is 1. The summed E-state index contributed by atoms with van der Waals surface area (Å²) in [5.41, 5.74) is 1.14. The molecule has 2 N–H and O–H groups in total. The summed E-state index contributed by atoms with van der Waals surface area (Å²) in [7, 11) is 1.60. The molecule has 0 saturated heterocycles. The van der Waals surface area contributed by atoms with E-state index in [1.165, 1.54) is 5.56 Å². The van der Waals surface area contributed by atoms with Gasteiger partial charge in [0, 0.05) is 6.54 Å². The SMILES string of the molecule is COc1cccc(CC(=O)NC[C@](C)(O)CCc2ccccc2)c1. The lowest BCUT2D eigenvalue weighted by Crippen LogP contribution is -2.41. The molecule has 0 saturated carbocycles. The predicted octanol–water partition coefficient (Wildman–Crippen LogP) is 2.74. The lowest BCUT2D eigenvalue weighted by atomic mass is 9.96. The monoisotopic (exact) mass is 327 g/mol. The van der Waals surface area contributed by atoms with Crippen LogP contribution in [0.25, 0.3) is 0 Å². The van der Waals surface area contributed by atoms with E-state index in [9.17, 15) is 9.90 Å². The summed E-state index contributed by atoms with van der Waals surface area (Å²) in [6.45, 7) is 1.99. The summed E-state index contributed by atoms with van der Waals surface area (Å²) in [6.07, 6.45) is 1.64. The number of carbonyl (C=O) groups excluding carboxylic acids is 1. The highest BCUT2D eigenvalue weighted by Gasteiger charge is 2.21. The second-order valence-corrected chi connectivity index (χ2v) is 6.29. The molecular weight excluding hydrogens is 302 g/mol. The van der Waals surface area contributed by atoms with Crippen LogP contribution in [0.15, 0.2) is 54.6 Å². The van der Waals surface area contributed by atoms with E-state index in [0.29, 0.717) is 6.42 Å². The molecule has 1 amide bonds. The molecule has 24 heavy (non-hydrogen) atoms. The fourth-order valence-electron chi connectivity index (χ4n) is 2.47. The van der Waals surface area contributed by atoms with Crippen molar-refractivity contribution in [2.75, 3.05) is 13.7 Å². The van der Waals surface area contributed by atoms with Crippen LogP contribution in [0, 0.1) is 0 Å². The van der Waals surface area contributed by atoms with Crippen molar-refractivity contribution in [1.82, 2.24) is 5.32 Å². The zero-order chi connectivity index (χ0) is 17.4. The van der Waals surface area contributed by atoms with Gasteiger partial charge in [-0.2, -0.15) is 0 Å². The smallest absolute Gasteiger partial charge is 0.224 e. The van der Waals surface area contributed by atoms with E-state index >= 15 is 0 Å². The molecule has 0 aliphatic rings. The van der Waals surface area contributed by atoms with Crippen molar-refractivity contribution in [2.24, 2.45) is 0 Å². The molecule has 0 unspecified atom stereocenters. The Balaban J connectivity index is 1.79. The minimum Gasteiger partial charge on any atom is -0.497 e. The molecule has 1 atom stereocenters. The second kappa shape index (κ2) is 8.50. The van der Waals surface area contributed by atoms with Gasteiger partial charge < -0.3 is 15.2 Å². The van der Waals surface area contributed by atoms with E-state index in [4.69, 9.17) is 4.74 Å². The predicted molar refractivity (Wildman–Crippen MR) is 95.1 cm³/mol. The summed E-state index contributed by atoms with van der Waals surface area (Å²) >= 11 is 0. The van der Waals surface area contributed by atoms with Gasteiger partial charge in [-0.15, -0.1) is 0 Å². The van der Waals surface area contributed by atoms with Crippen molar-refractivity contribution in [3.05, 3.63) is 65.7 Å². The fourth-order valence-corrected chi connectivity index (χ4v) is 2.47. The van der Waals surface area contributed by atoms with E-state index in [-0.39, 0.29) is 18.9 Å².